The smallest absolute Gasteiger partial charge is 0.410 e. The van der Waals surface area contributed by atoms with Crippen LogP contribution in [0.4, 0.5) is 4.79 Å². The fourth-order valence-corrected chi connectivity index (χ4v) is 3.15. The molecule has 1 atom stereocenters. The lowest BCUT2D eigenvalue weighted by Crippen LogP contribution is -2.45. The second kappa shape index (κ2) is 9.52. The van der Waals surface area contributed by atoms with Gasteiger partial charge >= 0.3 is 6.09 Å². The molecule has 24 heavy (non-hydrogen) atoms. The SMILES string of the molecule is CCN(CC1CCCN(C(=O)CCl)C1)C(=O)OCc1ccccc1. The molecule has 1 unspecified atom stereocenters. The van der Waals surface area contributed by atoms with E-state index in [4.69, 9.17) is 16.3 Å². The number of piperidine rings is 1. The minimum absolute atomic E-state index is 0.0172. The first-order chi connectivity index (χ1) is 11.6. The average molecular weight is 353 g/mol. The summed E-state index contributed by atoms with van der Waals surface area (Å²) in [4.78, 5) is 27.6. The summed E-state index contributed by atoms with van der Waals surface area (Å²) in [5, 5.41) is 0. The van der Waals surface area contributed by atoms with E-state index in [1.165, 1.54) is 0 Å². The molecule has 5 nitrogen and oxygen atoms in total. The van der Waals surface area contributed by atoms with E-state index in [9.17, 15) is 9.59 Å². The van der Waals surface area contributed by atoms with Crippen LogP contribution in [0.5, 0.6) is 0 Å². The number of likely N-dealkylation sites (tertiary alicyclic amines) is 1. The minimum Gasteiger partial charge on any atom is -0.445 e. The molecule has 0 N–H and O–H groups in total. The molecular weight excluding hydrogens is 328 g/mol. The third kappa shape index (κ3) is 5.41. The Kier molecular flexibility index (Phi) is 7.37. The van der Waals surface area contributed by atoms with Crippen molar-refractivity contribution in [2.75, 3.05) is 32.1 Å². The Morgan fingerprint density at radius 1 is 1.33 bits per heavy atom. The van der Waals surface area contributed by atoms with Gasteiger partial charge in [-0.25, -0.2) is 4.79 Å². The number of alkyl halides is 1. The zero-order valence-corrected chi connectivity index (χ0v) is 14.9. The number of amides is 2. The summed E-state index contributed by atoms with van der Waals surface area (Å²) in [6.45, 7) is 4.83. The predicted octanol–water partition coefficient (Wildman–Crippen LogP) is 3.12. The first-order valence-corrected chi connectivity index (χ1v) is 8.96. The first-order valence-electron chi connectivity index (χ1n) is 8.43. The Labute approximate surface area is 148 Å². The molecule has 1 heterocycles. The van der Waals surface area contributed by atoms with Crippen LogP contribution < -0.4 is 0 Å². The van der Waals surface area contributed by atoms with Gasteiger partial charge < -0.3 is 14.5 Å². The van der Waals surface area contributed by atoms with E-state index < -0.39 is 0 Å². The molecule has 0 bridgehead atoms. The molecule has 1 aromatic rings. The van der Waals surface area contributed by atoms with Crippen molar-refractivity contribution in [1.82, 2.24) is 9.80 Å². The monoisotopic (exact) mass is 352 g/mol. The predicted molar refractivity (Wildman–Crippen MR) is 93.9 cm³/mol. The molecule has 2 amide bonds. The van der Waals surface area contributed by atoms with Crippen LogP contribution in [0.15, 0.2) is 30.3 Å². The Bertz CT molecular complexity index is 538. The Hall–Kier alpha value is -1.75. The van der Waals surface area contributed by atoms with Gasteiger partial charge in [0.2, 0.25) is 5.91 Å². The van der Waals surface area contributed by atoms with E-state index in [1.54, 1.807) is 9.80 Å². The molecule has 1 aliphatic rings. The van der Waals surface area contributed by atoms with Crippen LogP contribution in [0.2, 0.25) is 0 Å². The lowest BCUT2D eigenvalue weighted by atomic mass is 9.97. The van der Waals surface area contributed by atoms with Crippen molar-refractivity contribution in [1.29, 1.82) is 0 Å². The van der Waals surface area contributed by atoms with Gasteiger partial charge in [-0.05, 0) is 31.2 Å². The lowest BCUT2D eigenvalue weighted by molar-refractivity contribution is -0.130. The van der Waals surface area contributed by atoms with Gasteiger partial charge in [0, 0.05) is 26.2 Å². The Morgan fingerprint density at radius 2 is 2.08 bits per heavy atom. The van der Waals surface area contributed by atoms with Crippen molar-refractivity contribution in [3.8, 4) is 0 Å². The van der Waals surface area contributed by atoms with Crippen LogP contribution in [0.3, 0.4) is 0 Å². The molecule has 0 aliphatic carbocycles. The molecule has 0 radical (unpaired) electrons. The van der Waals surface area contributed by atoms with Crippen LogP contribution in [0.1, 0.15) is 25.3 Å². The normalized spacial score (nSPS) is 17.4. The highest BCUT2D eigenvalue weighted by Crippen LogP contribution is 2.18. The third-order valence-corrected chi connectivity index (χ3v) is 4.54. The second-order valence-electron chi connectivity index (χ2n) is 6.06. The van der Waals surface area contributed by atoms with E-state index >= 15 is 0 Å². The zero-order valence-electron chi connectivity index (χ0n) is 14.1. The summed E-state index contributed by atoms with van der Waals surface area (Å²) >= 11 is 5.64. The summed E-state index contributed by atoms with van der Waals surface area (Å²) in [6, 6.07) is 9.64. The quantitative estimate of drug-likeness (QED) is 0.739. The number of ether oxygens (including phenoxy) is 1. The molecular formula is C18H25ClN2O3. The van der Waals surface area contributed by atoms with Crippen LogP contribution in [0, 0.1) is 5.92 Å². The number of benzene rings is 1. The summed E-state index contributed by atoms with van der Waals surface area (Å²) in [5.74, 6) is 0.259. The number of halogens is 1. The highest BCUT2D eigenvalue weighted by molar-refractivity contribution is 6.27. The largest absolute Gasteiger partial charge is 0.445 e. The van der Waals surface area contributed by atoms with Gasteiger partial charge in [-0.1, -0.05) is 30.3 Å². The number of hydrogen-bond acceptors (Lipinski definition) is 3. The first kappa shape index (κ1) is 18.6. The summed E-state index contributed by atoms with van der Waals surface area (Å²) in [7, 11) is 0. The number of carbonyl (C=O) groups is 2. The van der Waals surface area contributed by atoms with Crippen LogP contribution in [0.25, 0.3) is 0 Å². The van der Waals surface area contributed by atoms with Crippen LogP contribution in [-0.4, -0.2) is 53.9 Å². The highest BCUT2D eigenvalue weighted by atomic mass is 35.5. The van der Waals surface area contributed by atoms with Crippen LogP contribution >= 0.6 is 11.6 Å². The van der Waals surface area contributed by atoms with Gasteiger partial charge in [-0.3, -0.25) is 4.79 Å². The fourth-order valence-electron chi connectivity index (χ4n) is 2.98. The Morgan fingerprint density at radius 3 is 2.75 bits per heavy atom. The minimum atomic E-state index is -0.304. The van der Waals surface area contributed by atoms with Crippen molar-refractivity contribution in [2.24, 2.45) is 5.92 Å². The maximum absolute atomic E-state index is 12.3. The molecule has 0 spiro atoms. The molecule has 1 aromatic carbocycles. The molecule has 1 fully saturated rings. The van der Waals surface area contributed by atoms with E-state index in [0.717, 1.165) is 24.9 Å². The van der Waals surface area contributed by atoms with Gasteiger partial charge in [0.1, 0.15) is 12.5 Å². The van der Waals surface area contributed by atoms with Crippen LogP contribution in [-0.2, 0) is 16.1 Å². The number of hydrogen-bond donors (Lipinski definition) is 0. The van der Waals surface area contributed by atoms with Gasteiger partial charge in [0.15, 0.2) is 0 Å². The van der Waals surface area contributed by atoms with Gasteiger partial charge in [0.05, 0.1) is 0 Å². The number of nitrogens with zero attached hydrogens (tertiary/aromatic N) is 2. The lowest BCUT2D eigenvalue weighted by Gasteiger charge is -2.35. The summed E-state index contributed by atoms with van der Waals surface area (Å²) in [5.41, 5.74) is 0.971. The third-order valence-electron chi connectivity index (χ3n) is 4.31. The fraction of sp³-hybridized carbons (Fsp3) is 0.556. The molecule has 0 aromatic heterocycles. The number of rotatable bonds is 6. The standard InChI is InChI=1S/C18H25ClN2O3/c1-2-20(18(23)24-14-15-7-4-3-5-8-15)12-16-9-6-10-21(13-16)17(22)11-19/h3-5,7-8,16H,2,6,9-14H2,1H3. The zero-order chi connectivity index (χ0) is 17.4. The maximum atomic E-state index is 12.3. The van der Waals surface area contributed by atoms with E-state index in [-0.39, 0.29) is 30.4 Å². The van der Waals surface area contributed by atoms with Gasteiger partial charge in [0.25, 0.3) is 0 Å². The van der Waals surface area contributed by atoms with E-state index in [0.29, 0.717) is 19.6 Å². The van der Waals surface area contributed by atoms with Gasteiger partial charge in [-0.15, -0.1) is 11.6 Å². The van der Waals surface area contributed by atoms with Crippen molar-refractivity contribution in [3.05, 3.63) is 35.9 Å². The van der Waals surface area contributed by atoms with Crippen molar-refractivity contribution in [3.63, 3.8) is 0 Å². The molecule has 2 rings (SSSR count). The topological polar surface area (TPSA) is 49.9 Å². The molecule has 0 saturated carbocycles. The van der Waals surface area contributed by atoms with Crippen molar-refractivity contribution >= 4 is 23.6 Å². The summed E-state index contributed by atoms with van der Waals surface area (Å²) < 4.78 is 5.40. The van der Waals surface area contributed by atoms with Crippen molar-refractivity contribution < 1.29 is 14.3 Å². The molecule has 1 aliphatic heterocycles. The number of carbonyl (C=O) groups excluding carboxylic acids is 2. The molecule has 1 saturated heterocycles. The van der Waals surface area contributed by atoms with E-state index in [2.05, 4.69) is 0 Å². The Balaban J connectivity index is 1.84. The molecule has 6 heteroatoms. The average Bonchev–Trinajstić information content (AvgIpc) is 2.64. The second-order valence-corrected chi connectivity index (χ2v) is 6.33. The maximum Gasteiger partial charge on any atom is 0.410 e. The highest BCUT2D eigenvalue weighted by Gasteiger charge is 2.26. The summed E-state index contributed by atoms with van der Waals surface area (Å²) in [6.07, 6.45) is 1.65. The molecule has 132 valence electrons. The van der Waals surface area contributed by atoms with Gasteiger partial charge in [-0.2, -0.15) is 0 Å². The van der Waals surface area contributed by atoms with E-state index in [1.807, 2.05) is 37.3 Å². The van der Waals surface area contributed by atoms with Crippen molar-refractivity contribution in [2.45, 2.75) is 26.4 Å².